The van der Waals surface area contributed by atoms with E-state index in [1.165, 1.54) is 24.3 Å². The number of benzene rings is 3. The summed E-state index contributed by atoms with van der Waals surface area (Å²) >= 11 is 0. The van der Waals surface area contributed by atoms with Crippen LogP contribution in [0.25, 0.3) is 0 Å². The van der Waals surface area contributed by atoms with E-state index in [9.17, 15) is 14.9 Å². The lowest BCUT2D eigenvalue weighted by Crippen LogP contribution is -2.20. The molecule has 1 N–H and O–H groups in total. The van der Waals surface area contributed by atoms with Crippen molar-refractivity contribution in [3.8, 4) is 5.75 Å². The molecule has 3 aromatic rings. The molecule has 0 fully saturated rings. The van der Waals surface area contributed by atoms with Gasteiger partial charge in [-0.2, -0.15) is 5.10 Å². The fraction of sp³-hybridized carbons (Fsp3) is 0.0476. The van der Waals surface area contributed by atoms with Crippen LogP contribution in [0.15, 0.2) is 84.0 Å². The summed E-state index contributed by atoms with van der Waals surface area (Å²) in [5.41, 5.74) is 4.63. The first-order valence-corrected chi connectivity index (χ1v) is 8.41. The molecule has 0 bridgehead atoms. The number of ether oxygens (including phenoxy) is 1. The van der Waals surface area contributed by atoms with Gasteiger partial charge in [-0.25, -0.2) is 5.43 Å². The number of carbonyl (C=O) groups is 1. The lowest BCUT2D eigenvalue weighted by molar-refractivity contribution is -0.384. The second-order valence-corrected chi connectivity index (χ2v) is 5.80. The summed E-state index contributed by atoms with van der Waals surface area (Å²) < 4.78 is 5.18. The van der Waals surface area contributed by atoms with Gasteiger partial charge in [-0.05, 0) is 30.3 Å². The Balaban J connectivity index is 1.91. The van der Waals surface area contributed by atoms with Crippen LogP contribution in [0.4, 0.5) is 5.69 Å². The standard InChI is InChI=1S/C21H17N3O4/c1-28-19-12-10-16(11-13-19)20(15-6-3-2-4-7-15)22-23-21(25)17-8-5-9-18(14-17)24(26)27/h2-14H,1H3,(H,23,25)/b22-20+. The van der Waals surface area contributed by atoms with Gasteiger partial charge in [-0.1, -0.05) is 36.4 Å². The zero-order valence-electron chi connectivity index (χ0n) is 15.0. The molecule has 28 heavy (non-hydrogen) atoms. The predicted molar refractivity (Wildman–Crippen MR) is 106 cm³/mol. The molecule has 0 saturated carbocycles. The second-order valence-electron chi connectivity index (χ2n) is 5.80. The van der Waals surface area contributed by atoms with Crippen molar-refractivity contribution in [2.24, 2.45) is 5.10 Å². The van der Waals surface area contributed by atoms with Gasteiger partial charge in [0.1, 0.15) is 5.75 Å². The van der Waals surface area contributed by atoms with Crippen molar-refractivity contribution in [1.82, 2.24) is 5.43 Å². The number of nitro groups is 1. The molecule has 7 nitrogen and oxygen atoms in total. The summed E-state index contributed by atoms with van der Waals surface area (Å²) in [6.45, 7) is 0. The molecule has 0 spiro atoms. The van der Waals surface area contributed by atoms with Crippen LogP contribution >= 0.6 is 0 Å². The monoisotopic (exact) mass is 375 g/mol. The number of hydrogen-bond donors (Lipinski definition) is 1. The van der Waals surface area contributed by atoms with Crippen LogP contribution in [0.1, 0.15) is 21.5 Å². The minimum Gasteiger partial charge on any atom is -0.497 e. The summed E-state index contributed by atoms with van der Waals surface area (Å²) in [4.78, 5) is 22.8. The Morgan fingerprint density at radius 1 is 0.929 bits per heavy atom. The molecule has 3 aromatic carbocycles. The van der Waals surface area contributed by atoms with Gasteiger partial charge in [-0.3, -0.25) is 14.9 Å². The summed E-state index contributed by atoms with van der Waals surface area (Å²) in [5, 5.41) is 15.2. The number of methoxy groups -OCH3 is 1. The van der Waals surface area contributed by atoms with Crippen molar-refractivity contribution in [2.75, 3.05) is 7.11 Å². The highest BCUT2D eigenvalue weighted by atomic mass is 16.6. The van der Waals surface area contributed by atoms with Gasteiger partial charge in [0.15, 0.2) is 0 Å². The molecule has 140 valence electrons. The first-order valence-electron chi connectivity index (χ1n) is 8.41. The number of rotatable bonds is 6. The number of non-ortho nitro benzene ring substituents is 1. The van der Waals surface area contributed by atoms with Crippen LogP contribution in [-0.4, -0.2) is 23.7 Å². The fourth-order valence-electron chi connectivity index (χ4n) is 2.57. The summed E-state index contributed by atoms with van der Waals surface area (Å²) in [7, 11) is 1.58. The van der Waals surface area contributed by atoms with Crippen LogP contribution in [0, 0.1) is 10.1 Å². The maximum Gasteiger partial charge on any atom is 0.271 e. The van der Waals surface area contributed by atoms with Gasteiger partial charge in [0.25, 0.3) is 11.6 Å². The van der Waals surface area contributed by atoms with E-state index in [1.54, 1.807) is 19.2 Å². The number of hydrazone groups is 1. The van der Waals surface area contributed by atoms with Crippen molar-refractivity contribution >= 4 is 17.3 Å². The van der Waals surface area contributed by atoms with E-state index < -0.39 is 10.8 Å². The zero-order valence-corrected chi connectivity index (χ0v) is 15.0. The molecule has 0 saturated heterocycles. The molecule has 1 amide bonds. The molecule has 0 aromatic heterocycles. The minimum absolute atomic E-state index is 0.153. The molecule has 7 heteroatoms. The normalized spacial score (nSPS) is 11.0. The highest BCUT2D eigenvalue weighted by Gasteiger charge is 2.13. The molecule has 3 rings (SSSR count). The predicted octanol–water partition coefficient (Wildman–Crippen LogP) is 3.79. The zero-order chi connectivity index (χ0) is 19.9. The maximum absolute atomic E-state index is 12.4. The molecular formula is C21H17N3O4. The van der Waals surface area contributed by atoms with Crippen molar-refractivity contribution in [3.63, 3.8) is 0 Å². The lowest BCUT2D eigenvalue weighted by Gasteiger charge is -2.09. The van der Waals surface area contributed by atoms with E-state index in [4.69, 9.17) is 4.74 Å². The Kier molecular flexibility index (Phi) is 5.76. The van der Waals surface area contributed by atoms with E-state index in [0.29, 0.717) is 11.5 Å². The van der Waals surface area contributed by atoms with Crippen molar-refractivity contribution in [3.05, 3.63) is 106 Å². The number of nitro benzene ring substituents is 1. The highest BCUT2D eigenvalue weighted by molar-refractivity contribution is 6.13. The minimum atomic E-state index is -0.549. The Morgan fingerprint density at radius 2 is 1.57 bits per heavy atom. The third-order valence-corrected chi connectivity index (χ3v) is 4.00. The third-order valence-electron chi connectivity index (χ3n) is 4.00. The Morgan fingerprint density at radius 3 is 2.21 bits per heavy atom. The third kappa shape index (κ3) is 4.39. The first-order chi connectivity index (χ1) is 13.6. The van der Waals surface area contributed by atoms with Gasteiger partial charge in [-0.15, -0.1) is 0 Å². The van der Waals surface area contributed by atoms with Gasteiger partial charge in [0, 0.05) is 28.8 Å². The van der Waals surface area contributed by atoms with E-state index in [1.807, 2.05) is 42.5 Å². The van der Waals surface area contributed by atoms with E-state index in [0.717, 1.165) is 11.1 Å². The molecule has 0 atom stereocenters. The van der Waals surface area contributed by atoms with Gasteiger partial charge >= 0.3 is 0 Å². The largest absolute Gasteiger partial charge is 0.497 e. The molecular weight excluding hydrogens is 358 g/mol. The average molecular weight is 375 g/mol. The maximum atomic E-state index is 12.4. The SMILES string of the molecule is COc1ccc(/C(=N/NC(=O)c2cccc([N+](=O)[O-])c2)c2ccccc2)cc1. The van der Waals surface area contributed by atoms with Gasteiger partial charge in [0.2, 0.25) is 0 Å². The Hall–Kier alpha value is -4.00. The van der Waals surface area contributed by atoms with Crippen LogP contribution < -0.4 is 10.2 Å². The van der Waals surface area contributed by atoms with Gasteiger partial charge < -0.3 is 4.74 Å². The van der Waals surface area contributed by atoms with Crippen molar-refractivity contribution in [2.45, 2.75) is 0 Å². The number of amides is 1. The van der Waals surface area contributed by atoms with E-state index in [2.05, 4.69) is 10.5 Å². The second kappa shape index (κ2) is 8.59. The first kappa shape index (κ1) is 18.8. The van der Waals surface area contributed by atoms with Crippen LogP contribution in [0.2, 0.25) is 0 Å². The van der Waals surface area contributed by atoms with E-state index in [-0.39, 0.29) is 11.3 Å². The molecule has 0 aliphatic rings. The number of nitrogens with zero attached hydrogens (tertiary/aromatic N) is 2. The smallest absolute Gasteiger partial charge is 0.271 e. The average Bonchev–Trinajstić information content (AvgIpc) is 2.75. The molecule has 0 aliphatic carbocycles. The van der Waals surface area contributed by atoms with Crippen LogP contribution in [-0.2, 0) is 0 Å². The molecule has 0 aliphatic heterocycles. The van der Waals surface area contributed by atoms with E-state index >= 15 is 0 Å². The summed E-state index contributed by atoms with van der Waals surface area (Å²) in [6, 6.07) is 22.1. The molecule has 0 unspecified atom stereocenters. The number of nitrogens with one attached hydrogen (secondary N) is 1. The quantitative estimate of drug-likeness (QED) is 0.403. The lowest BCUT2D eigenvalue weighted by atomic mass is 10.0. The highest BCUT2D eigenvalue weighted by Crippen LogP contribution is 2.16. The van der Waals surface area contributed by atoms with Crippen LogP contribution in [0.3, 0.4) is 0 Å². The topological polar surface area (TPSA) is 93.8 Å². The summed E-state index contributed by atoms with van der Waals surface area (Å²) in [6.07, 6.45) is 0. The van der Waals surface area contributed by atoms with Crippen molar-refractivity contribution in [1.29, 1.82) is 0 Å². The molecule has 0 heterocycles. The van der Waals surface area contributed by atoms with Gasteiger partial charge in [0.05, 0.1) is 17.7 Å². The Labute approximate surface area is 161 Å². The fourth-order valence-corrected chi connectivity index (χ4v) is 2.57. The van der Waals surface area contributed by atoms with Crippen molar-refractivity contribution < 1.29 is 14.5 Å². The number of hydrogen-bond acceptors (Lipinski definition) is 5. The molecule has 0 radical (unpaired) electrons. The van der Waals surface area contributed by atoms with Crippen LogP contribution in [0.5, 0.6) is 5.75 Å². The number of carbonyl (C=O) groups excluding carboxylic acids is 1. The Bertz CT molecular complexity index is 1020. The summed E-state index contributed by atoms with van der Waals surface area (Å²) in [5.74, 6) is 0.169.